The number of fused-ring (bicyclic) bond motifs is 1. The van der Waals surface area contributed by atoms with Crippen molar-refractivity contribution in [1.29, 1.82) is 0 Å². The van der Waals surface area contributed by atoms with E-state index >= 15 is 0 Å². The molecule has 2 aromatic carbocycles. The number of nitrogens with one attached hydrogen (secondary N) is 1. The van der Waals surface area contributed by atoms with E-state index in [1.807, 2.05) is 30.5 Å². The number of carbonyl (C=O) groups excluding carboxylic acids is 2. The van der Waals surface area contributed by atoms with Crippen LogP contribution >= 0.6 is 11.8 Å². The smallest absolute Gasteiger partial charge is 0.254 e. The highest BCUT2D eigenvalue weighted by Gasteiger charge is 2.43. The Morgan fingerprint density at radius 2 is 1.77 bits per heavy atom. The van der Waals surface area contributed by atoms with Crippen LogP contribution < -0.4 is 14.8 Å². The maximum absolute atomic E-state index is 13.4. The van der Waals surface area contributed by atoms with Crippen molar-refractivity contribution in [3.8, 4) is 11.5 Å². The number of rotatable bonds is 8. The van der Waals surface area contributed by atoms with E-state index < -0.39 is 12.0 Å². The summed E-state index contributed by atoms with van der Waals surface area (Å²) < 4.78 is 10.9. The molecule has 1 aliphatic rings. The molecule has 0 saturated heterocycles. The third-order valence-electron chi connectivity index (χ3n) is 5.74. The summed E-state index contributed by atoms with van der Waals surface area (Å²) in [5, 5.41) is 3.06. The highest BCUT2D eigenvalue weighted by atomic mass is 32.2. The van der Waals surface area contributed by atoms with Crippen molar-refractivity contribution >= 4 is 23.6 Å². The molecule has 31 heavy (non-hydrogen) atoms. The number of likely N-dealkylation sites (N-methyl/N-ethyl adjacent to an activating group) is 1. The van der Waals surface area contributed by atoms with Crippen molar-refractivity contribution in [3.63, 3.8) is 0 Å². The molecular weight excluding hydrogens is 412 g/mol. The lowest BCUT2D eigenvalue weighted by Crippen LogP contribution is -2.45. The fourth-order valence-electron chi connectivity index (χ4n) is 4.05. The Morgan fingerprint density at radius 3 is 2.35 bits per heavy atom. The molecule has 0 aliphatic carbocycles. The van der Waals surface area contributed by atoms with E-state index in [9.17, 15) is 9.59 Å². The van der Waals surface area contributed by atoms with E-state index in [4.69, 9.17) is 9.47 Å². The topological polar surface area (TPSA) is 67.9 Å². The van der Waals surface area contributed by atoms with Crippen molar-refractivity contribution in [2.24, 2.45) is 0 Å². The molecule has 0 bridgehead atoms. The van der Waals surface area contributed by atoms with Crippen molar-refractivity contribution < 1.29 is 19.1 Å². The molecule has 2 aromatic rings. The zero-order chi connectivity index (χ0) is 22.5. The Balaban J connectivity index is 2.15. The monoisotopic (exact) mass is 442 g/mol. The van der Waals surface area contributed by atoms with E-state index in [0.29, 0.717) is 29.2 Å². The third-order valence-corrected chi connectivity index (χ3v) is 6.49. The molecule has 1 aliphatic heterocycles. The van der Waals surface area contributed by atoms with Crippen molar-refractivity contribution in [2.75, 3.05) is 34.1 Å². The van der Waals surface area contributed by atoms with Gasteiger partial charge in [-0.25, -0.2) is 0 Å². The molecule has 3 rings (SSSR count). The molecule has 0 radical (unpaired) electrons. The molecule has 1 heterocycles. The number of unbranched alkanes of at least 4 members (excludes halogenated alkanes) is 1. The summed E-state index contributed by atoms with van der Waals surface area (Å²) in [6.07, 6.45) is 3.91. The molecule has 0 fully saturated rings. The second-order valence-electron chi connectivity index (χ2n) is 7.55. The van der Waals surface area contributed by atoms with Crippen molar-refractivity contribution in [3.05, 3.63) is 53.1 Å². The van der Waals surface area contributed by atoms with Crippen LogP contribution in [-0.4, -0.2) is 50.8 Å². The Bertz CT molecular complexity index is 945. The van der Waals surface area contributed by atoms with Gasteiger partial charge in [-0.1, -0.05) is 25.5 Å². The highest BCUT2D eigenvalue weighted by molar-refractivity contribution is 7.98. The predicted molar refractivity (Wildman–Crippen MR) is 123 cm³/mol. The molecule has 1 N–H and O–H groups in total. The van der Waals surface area contributed by atoms with Gasteiger partial charge in [-0.15, -0.1) is 11.8 Å². The van der Waals surface area contributed by atoms with Gasteiger partial charge in [0.25, 0.3) is 5.91 Å². The van der Waals surface area contributed by atoms with E-state index in [1.54, 1.807) is 43.0 Å². The number of methoxy groups -OCH3 is 2. The van der Waals surface area contributed by atoms with E-state index in [2.05, 4.69) is 12.2 Å². The summed E-state index contributed by atoms with van der Waals surface area (Å²) in [7, 11) is 4.84. The SMILES string of the molecule is CCCCNC(=O)C1c2cc(OC)c(OC)cc2C(=O)N(C)C1c1ccc(SC)cc1. The van der Waals surface area contributed by atoms with Gasteiger partial charge in [-0.2, -0.15) is 0 Å². The van der Waals surface area contributed by atoms with Gasteiger partial charge in [0, 0.05) is 24.1 Å². The quantitative estimate of drug-likeness (QED) is 0.489. The van der Waals surface area contributed by atoms with Crippen LogP contribution in [0.2, 0.25) is 0 Å². The fraction of sp³-hybridized carbons (Fsp3) is 0.417. The van der Waals surface area contributed by atoms with Gasteiger partial charge < -0.3 is 19.7 Å². The van der Waals surface area contributed by atoms with Gasteiger partial charge in [0.2, 0.25) is 5.91 Å². The van der Waals surface area contributed by atoms with Gasteiger partial charge in [0.15, 0.2) is 11.5 Å². The van der Waals surface area contributed by atoms with Gasteiger partial charge in [0.05, 0.1) is 26.2 Å². The number of amides is 2. The molecule has 166 valence electrons. The van der Waals surface area contributed by atoms with Gasteiger partial charge in [-0.05, 0) is 48.1 Å². The van der Waals surface area contributed by atoms with Crippen molar-refractivity contribution in [2.45, 2.75) is 36.6 Å². The lowest BCUT2D eigenvalue weighted by Gasteiger charge is -2.40. The van der Waals surface area contributed by atoms with Crippen LogP contribution in [0.15, 0.2) is 41.3 Å². The summed E-state index contributed by atoms with van der Waals surface area (Å²) >= 11 is 1.65. The first-order chi connectivity index (χ1) is 15.0. The first-order valence-electron chi connectivity index (χ1n) is 10.4. The summed E-state index contributed by atoms with van der Waals surface area (Å²) in [6, 6.07) is 11.1. The maximum atomic E-state index is 13.4. The predicted octanol–water partition coefficient (Wildman–Crippen LogP) is 4.25. The Kier molecular flexibility index (Phi) is 7.49. The molecule has 2 atom stereocenters. The molecule has 0 aromatic heterocycles. The molecule has 2 unspecified atom stereocenters. The van der Waals surface area contributed by atoms with E-state index in [1.165, 1.54) is 7.11 Å². The van der Waals surface area contributed by atoms with Crippen LogP contribution in [0.3, 0.4) is 0 Å². The van der Waals surface area contributed by atoms with E-state index in [-0.39, 0.29) is 11.8 Å². The van der Waals surface area contributed by atoms with Crippen LogP contribution in [0.4, 0.5) is 0 Å². The van der Waals surface area contributed by atoms with Crippen LogP contribution in [0, 0.1) is 0 Å². The number of thioether (sulfide) groups is 1. The molecule has 0 saturated carbocycles. The Labute approximate surface area is 188 Å². The second-order valence-corrected chi connectivity index (χ2v) is 8.43. The first kappa shape index (κ1) is 23.0. The fourth-order valence-corrected chi connectivity index (χ4v) is 4.46. The Morgan fingerprint density at radius 1 is 1.13 bits per heavy atom. The van der Waals surface area contributed by atoms with Crippen molar-refractivity contribution in [1.82, 2.24) is 10.2 Å². The lowest BCUT2D eigenvalue weighted by atomic mass is 9.79. The normalized spacial score (nSPS) is 17.8. The zero-order valence-electron chi connectivity index (χ0n) is 18.7. The van der Waals surface area contributed by atoms with Crippen LogP contribution in [-0.2, 0) is 4.79 Å². The summed E-state index contributed by atoms with van der Waals surface area (Å²) in [6.45, 7) is 2.69. The van der Waals surface area contributed by atoms with Gasteiger partial charge >= 0.3 is 0 Å². The maximum Gasteiger partial charge on any atom is 0.254 e. The average molecular weight is 443 g/mol. The second kappa shape index (κ2) is 10.1. The van der Waals surface area contributed by atoms with E-state index in [0.717, 1.165) is 23.3 Å². The number of hydrogen-bond acceptors (Lipinski definition) is 5. The Hall–Kier alpha value is -2.67. The minimum Gasteiger partial charge on any atom is -0.493 e. The molecular formula is C24H30N2O4S. The molecule has 7 heteroatoms. The van der Waals surface area contributed by atoms with Crippen LogP contribution in [0.25, 0.3) is 0 Å². The summed E-state index contributed by atoms with van der Waals surface area (Å²) in [5.41, 5.74) is 2.05. The highest BCUT2D eigenvalue weighted by Crippen LogP contribution is 2.45. The number of nitrogens with zero attached hydrogens (tertiary/aromatic N) is 1. The number of carbonyl (C=O) groups is 2. The number of hydrogen-bond donors (Lipinski definition) is 1. The molecule has 0 spiro atoms. The number of ether oxygens (including phenoxy) is 2. The van der Waals surface area contributed by atoms with Gasteiger partial charge in [-0.3, -0.25) is 9.59 Å². The van der Waals surface area contributed by atoms with Gasteiger partial charge in [0.1, 0.15) is 0 Å². The van der Waals surface area contributed by atoms with Crippen LogP contribution in [0.5, 0.6) is 11.5 Å². The zero-order valence-corrected chi connectivity index (χ0v) is 19.5. The summed E-state index contributed by atoms with van der Waals surface area (Å²) in [5.74, 6) is 0.166. The minimum absolute atomic E-state index is 0.0970. The average Bonchev–Trinajstić information content (AvgIpc) is 2.80. The number of benzene rings is 2. The first-order valence-corrected chi connectivity index (χ1v) is 11.6. The minimum atomic E-state index is -0.561. The lowest BCUT2D eigenvalue weighted by molar-refractivity contribution is -0.124. The van der Waals surface area contributed by atoms with Crippen LogP contribution in [0.1, 0.15) is 53.2 Å². The molecule has 2 amide bonds. The third kappa shape index (κ3) is 4.51. The summed E-state index contributed by atoms with van der Waals surface area (Å²) in [4.78, 5) is 29.5. The standard InChI is InChI=1S/C24H30N2O4S/c1-6-7-12-25-23(27)21-17-13-19(29-3)20(30-4)14-18(17)24(28)26(2)22(21)15-8-10-16(31-5)11-9-15/h8-11,13-14,21-22H,6-7,12H2,1-5H3,(H,25,27). The molecule has 6 nitrogen and oxygen atoms in total. The largest absolute Gasteiger partial charge is 0.493 e.